The highest BCUT2D eigenvalue weighted by Crippen LogP contribution is 2.41. The van der Waals surface area contributed by atoms with Crippen LogP contribution in [-0.2, 0) is 38.7 Å². The van der Waals surface area contributed by atoms with Crippen molar-refractivity contribution >= 4 is 47.3 Å². The SMILES string of the molecule is NCc1ccccc1CC(=O)NC1C(=O)N2C(C(=O)O)=C(CSc3nnnn3CC(=O)O)CS[C@H]12. The van der Waals surface area contributed by atoms with Crippen LogP contribution in [-0.4, -0.2) is 82.0 Å². The lowest BCUT2D eigenvalue weighted by atomic mass is 10.0. The summed E-state index contributed by atoms with van der Waals surface area (Å²) in [5, 5.41) is 32.0. The number of β-lactam (4-membered cyclic amide) rings is 1. The minimum absolute atomic E-state index is 0.0586. The second-order valence-electron chi connectivity index (χ2n) is 7.66. The number of carbonyl (C=O) groups is 4. The molecule has 184 valence electrons. The number of aromatic nitrogens is 4. The molecule has 2 aliphatic rings. The van der Waals surface area contributed by atoms with E-state index in [-0.39, 0.29) is 35.5 Å². The van der Waals surface area contributed by atoms with E-state index in [9.17, 15) is 24.3 Å². The van der Waals surface area contributed by atoms with E-state index in [0.29, 0.717) is 11.3 Å². The van der Waals surface area contributed by atoms with E-state index in [1.165, 1.54) is 16.7 Å². The lowest BCUT2D eigenvalue weighted by Crippen LogP contribution is -2.70. The maximum Gasteiger partial charge on any atom is 0.352 e. The topological polar surface area (TPSA) is 194 Å². The first-order chi connectivity index (χ1) is 16.8. The van der Waals surface area contributed by atoms with Gasteiger partial charge < -0.3 is 21.3 Å². The summed E-state index contributed by atoms with van der Waals surface area (Å²) in [4.78, 5) is 49.6. The molecular formula is C20H21N7O6S2. The zero-order chi connectivity index (χ0) is 25.1. The van der Waals surface area contributed by atoms with Gasteiger partial charge >= 0.3 is 11.9 Å². The van der Waals surface area contributed by atoms with Crippen molar-refractivity contribution in [3.05, 3.63) is 46.7 Å². The number of aliphatic carboxylic acids is 2. The van der Waals surface area contributed by atoms with Crippen LogP contribution in [0.3, 0.4) is 0 Å². The van der Waals surface area contributed by atoms with Crippen molar-refractivity contribution in [3.8, 4) is 0 Å². The molecule has 2 aromatic rings. The first kappa shape index (κ1) is 24.7. The number of rotatable bonds is 10. The number of nitrogens with one attached hydrogen (secondary N) is 1. The molecule has 0 aliphatic carbocycles. The summed E-state index contributed by atoms with van der Waals surface area (Å²) >= 11 is 2.42. The molecule has 0 bridgehead atoms. The molecule has 5 N–H and O–H groups in total. The Kier molecular flexibility index (Phi) is 7.37. The first-order valence-corrected chi connectivity index (χ1v) is 12.4. The Balaban J connectivity index is 1.43. The van der Waals surface area contributed by atoms with Crippen LogP contribution >= 0.6 is 23.5 Å². The summed E-state index contributed by atoms with van der Waals surface area (Å²) in [5.41, 5.74) is 7.66. The largest absolute Gasteiger partial charge is 0.480 e. The zero-order valence-corrected chi connectivity index (χ0v) is 19.8. The van der Waals surface area contributed by atoms with Gasteiger partial charge in [0.25, 0.3) is 5.91 Å². The monoisotopic (exact) mass is 519 g/mol. The van der Waals surface area contributed by atoms with E-state index in [1.54, 1.807) is 12.1 Å². The summed E-state index contributed by atoms with van der Waals surface area (Å²) in [6.45, 7) is -0.146. The molecule has 2 aliphatic heterocycles. The van der Waals surface area contributed by atoms with Crippen LogP contribution in [0.2, 0.25) is 0 Å². The second-order valence-corrected chi connectivity index (χ2v) is 9.71. The summed E-state index contributed by atoms with van der Waals surface area (Å²) in [7, 11) is 0. The van der Waals surface area contributed by atoms with Gasteiger partial charge in [-0.15, -0.1) is 16.9 Å². The van der Waals surface area contributed by atoms with Crippen molar-refractivity contribution in [3.63, 3.8) is 0 Å². The number of carboxylic acid groups (broad SMARTS) is 2. The van der Waals surface area contributed by atoms with E-state index < -0.39 is 35.8 Å². The van der Waals surface area contributed by atoms with Crippen molar-refractivity contribution in [2.75, 3.05) is 11.5 Å². The Hall–Kier alpha value is -3.43. The smallest absolute Gasteiger partial charge is 0.352 e. The van der Waals surface area contributed by atoms with Gasteiger partial charge in [-0.05, 0) is 27.1 Å². The molecular weight excluding hydrogens is 498 g/mol. The fraction of sp³-hybridized carbons (Fsp3) is 0.350. The van der Waals surface area contributed by atoms with Gasteiger partial charge in [-0.1, -0.05) is 36.0 Å². The van der Waals surface area contributed by atoms with Gasteiger partial charge in [0.2, 0.25) is 11.1 Å². The summed E-state index contributed by atoms with van der Waals surface area (Å²) in [6, 6.07) is 6.44. The molecule has 0 radical (unpaired) electrons. The van der Waals surface area contributed by atoms with Crippen LogP contribution < -0.4 is 11.1 Å². The number of fused-ring (bicyclic) bond motifs is 1. The van der Waals surface area contributed by atoms with Crippen molar-refractivity contribution in [2.24, 2.45) is 5.73 Å². The standard InChI is InChI=1S/C20H21N7O6S2/c21-6-11-4-2-1-3-10(11)5-13(28)22-15-17(31)27-16(19(32)33)12(8-34-18(15)27)9-35-20-23-24-25-26(20)7-14(29)30/h1-4,15,18H,5-9,21H2,(H,22,28)(H,29,30)(H,32,33)/t15?,18-/m1/s1. The fourth-order valence-corrected chi connectivity index (χ4v) is 6.16. The molecule has 13 nitrogen and oxygen atoms in total. The van der Waals surface area contributed by atoms with E-state index in [0.717, 1.165) is 27.6 Å². The van der Waals surface area contributed by atoms with Crippen LogP contribution in [0.4, 0.5) is 0 Å². The zero-order valence-electron chi connectivity index (χ0n) is 18.2. The molecule has 1 fully saturated rings. The minimum Gasteiger partial charge on any atom is -0.480 e. The number of amides is 2. The average molecular weight is 520 g/mol. The summed E-state index contributed by atoms with van der Waals surface area (Å²) < 4.78 is 1.09. The van der Waals surface area contributed by atoms with Gasteiger partial charge in [0.05, 0.1) is 6.42 Å². The highest BCUT2D eigenvalue weighted by Gasteiger charge is 2.54. The van der Waals surface area contributed by atoms with Gasteiger partial charge in [0.1, 0.15) is 23.7 Å². The quantitative estimate of drug-likeness (QED) is 0.228. The predicted molar refractivity (Wildman–Crippen MR) is 124 cm³/mol. The number of nitrogens with two attached hydrogens (primary N) is 1. The number of tetrazole rings is 1. The molecule has 1 aromatic carbocycles. The average Bonchev–Trinajstić information content (AvgIpc) is 3.26. The Morgan fingerprint density at radius 2 is 1.97 bits per heavy atom. The summed E-state index contributed by atoms with van der Waals surface area (Å²) in [5.74, 6) is -2.77. The van der Waals surface area contributed by atoms with Gasteiger partial charge in [-0.2, -0.15) is 0 Å². The van der Waals surface area contributed by atoms with Crippen molar-refractivity contribution < 1.29 is 29.4 Å². The van der Waals surface area contributed by atoms with Crippen LogP contribution in [0.1, 0.15) is 11.1 Å². The Morgan fingerprint density at radius 3 is 2.66 bits per heavy atom. The van der Waals surface area contributed by atoms with Crippen LogP contribution in [0.15, 0.2) is 40.7 Å². The Labute approximate surface area is 207 Å². The molecule has 2 atom stereocenters. The van der Waals surface area contributed by atoms with E-state index in [1.807, 2.05) is 12.1 Å². The maximum absolute atomic E-state index is 12.8. The van der Waals surface area contributed by atoms with Crippen molar-refractivity contribution in [1.82, 2.24) is 30.4 Å². The third kappa shape index (κ3) is 5.16. The Morgan fingerprint density at radius 1 is 1.23 bits per heavy atom. The number of nitrogens with zero attached hydrogens (tertiary/aromatic N) is 5. The molecule has 1 unspecified atom stereocenters. The Bertz CT molecular complexity index is 1220. The number of benzene rings is 1. The first-order valence-electron chi connectivity index (χ1n) is 10.4. The van der Waals surface area contributed by atoms with E-state index >= 15 is 0 Å². The van der Waals surface area contributed by atoms with Gasteiger partial charge in [-0.25, -0.2) is 9.48 Å². The fourth-order valence-electron chi connectivity index (χ4n) is 3.80. The third-order valence-corrected chi connectivity index (χ3v) is 7.80. The van der Waals surface area contributed by atoms with E-state index in [2.05, 4.69) is 20.8 Å². The highest BCUT2D eigenvalue weighted by atomic mass is 32.2. The van der Waals surface area contributed by atoms with Crippen LogP contribution in [0.5, 0.6) is 0 Å². The molecule has 15 heteroatoms. The van der Waals surface area contributed by atoms with Crippen LogP contribution in [0, 0.1) is 0 Å². The van der Waals surface area contributed by atoms with Crippen LogP contribution in [0.25, 0.3) is 0 Å². The van der Waals surface area contributed by atoms with E-state index in [4.69, 9.17) is 10.8 Å². The number of carbonyl (C=O) groups excluding carboxylic acids is 2. The number of hydrogen-bond acceptors (Lipinski definition) is 10. The second kappa shape index (κ2) is 10.5. The molecule has 1 saturated heterocycles. The molecule has 4 rings (SSSR count). The van der Waals surface area contributed by atoms with Gasteiger partial charge in [-0.3, -0.25) is 19.3 Å². The predicted octanol–water partition coefficient (Wildman–Crippen LogP) is -0.710. The van der Waals surface area contributed by atoms with Crippen molar-refractivity contribution in [1.29, 1.82) is 0 Å². The molecule has 2 amide bonds. The lowest BCUT2D eigenvalue weighted by molar-refractivity contribution is -0.150. The summed E-state index contributed by atoms with van der Waals surface area (Å²) in [6.07, 6.45) is 0.0586. The normalized spacial score (nSPS) is 19.2. The number of carboxylic acids is 2. The molecule has 35 heavy (non-hydrogen) atoms. The third-order valence-electron chi connectivity index (χ3n) is 5.42. The lowest BCUT2D eigenvalue weighted by Gasteiger charge is -2.49. The number of thioether (sulfide) groups is 2. The molecule has 0 saturated carbocycles. The van der Waals surface area contributed by atoms with Gasteiger partial charge in [0, 0.05) is 18.1 Å². The number of hydrogen-bond donors (Lipinski definition) is 4. The maximum atomic E-state index is 12.8. The molecule has 3 heterocycles. The molecule has 0 spiro atoms. The minimum atomic E-state index is -1.26. The molecule has 1 aromatic heterocycles. The highest BCUT2D eigenvalue weighted by molar-refractivity contribution is 8.01. The van der Waals surface area contributed by atoms with Gasteiger partial charge in [0.15, 0.2) is 0 Å². The van der Waals surface area contributed by atoms with Crippen molar-refractivity contribution in [2.45, 2.75) is 36.1 Å².